The first-order valence-corrected chi connectivity index (χ1v) is 8.35. The molecule has 1 aliphatic carbocycles. The van der Waals surface area contributed by atoms with Gasteiger partial charge in [0.05, 0.1) is 17.4 Å². The molecule has 0 aliphatic heterocycles. The van der Waals surface area contributed by atoms with E-state index in [1.807, 2.05) is 25.1 Å². The molecule has 20 heavy (non-hydrogen) atoms. The van der Waals surface area contributed by atoms with Crippen LogP contribution in [0.1, 0.15) is 38.2 Å². The second-order valence-electron chi connectivity index (χ2n) is 5.41. The Bertz CT molecular complexity index is 424. The molecule has 4 heteroatoms. The number of rotatable bonds is 5. The van der Waals surface area contributed by atoms with Crippen molar-refractivity contribution in [3.63, 3.8) is 0 Å². The summed E-state index contributed by atoms with van der Waals surface area (Å²) in [5, 5.41) is 12.8. The molecule has 2 N–H and O–H groups in total. The van der Waals surface area contributed by atoms with Gasteiger partial charge < -0.3 is 10.4 Å². The van der Waals surface area contributed by atoms with Crippen molar-refractivity contribution in [3.8, 4) is 0 Å². The van der Waals surface area contributed by atoms with Gasteiger partial charge in [0, 0.05) is 5.75 Å². The van der Waals surface area contributed by atoms with E-state index in [9.17, 15) is 9.90 Å². The van der Waals surface area contributed by atoms with Crippen LogP contribution in [-0.4, -0.2) is 28.4 Å². The van der Waals surface area contributed by atoms with Crippen molar-refractivity contribution < 1.29 is 9.90 Å². The molecular formula is C16H23NO2S. The second-order valence-corrected chi connectivity index (χ2v) is 6.73. The van der Waals surface area contributed by atoms with Gasteiger partial charge in [-0.05, 0) is 25.3 Å². The van der Waals surface area contributed by atoms with Gasteiger partial charge in [0.2, 0.25) is 5.91 Å². The lowest BCUT2D eigenvalue weighted by Gasteiger charge is -2.29. The van der Waals surface area contributed by atoms with Gasteiger partial charge in [-0.15, -0.1) is 11.8 Å². The molecule has 0 aromatic heterocycles. The summed E-state index contributed by atoms with van der Waals surface area (Å²) in [4.78, 5) is 12.1. The number of aliphatic hydroxyl groups is 1. The molecule has 0 heterocycles. The minimum Gasteiger partial charge on any atom is -0.391 e. The molecule has 1 saturated carbocycles. The molecule has 1 aromatic carbocycles. The highest BCUT2D eigenvalue weighted by Gasteiger charge is 2.26. The molecule has 1 amide bonds. The molecular weight excluding hydrogens is 270 g/mol. The summed E-state index contributed by atoms with van der Waals surface area (Å²) in [5.41, 5.74) is 1.23. The molecule has 0 spiro atoms. The van der Waals surface area contributed by atoms with E-state index >= 15 is 0 Å². The van der Waals surface area contributed by atoms with Crippen molar-refractivity contribution >= 4 is 17.7 Å². The van der Waals surface area contributed by atoms with E-state index in [0.29, 0.717) is 0 Å². The SMILES string of the molecule is CC(SCc1ccccc1)C(=O)NC1CCCCC1O. The minimum absolute atomic E-state index is 0.0388. The third-order valence-corrected chi connectivity index (χ3v) is 4.98. The normalized spacial score (nSPS) is 24.1. The fourth-order valence-corrected chi connectivity index (χ4v) is 3.31. The van der Waals surface area contributed by atoms with Crippen LogP contribution in [0.25, 0.3) is 0 Å². The van der Waals surface area contributed by atoms with Crippen LogP contribution in [0.15, 0.2) is 30.3 Å². The van der Waals surface area contributed by atoms with E-state index in [2.05, 4.69) is 17.4 Å². The maximum Gasteiger partial charge on any atom is 0.233 e. The van der Waals surface area contributed by atoms with Crippen LogP contribution in [0.4, 0.5) is 0 Å². The Morgan fingerprint density at radius 2 is 2.05 bits per heavy atom. The summed E-state index contributed by atoms with van der Waals surface area (Å²) in [5.74, 6) is 0.875. The fourth-order valence-electron chi connectivity index (χ4n) is 2.45. The second kappa shape index (κ2) is 7.70. The largest absolute Gasteiger partial charge is 0.391 e. The number of aliphatic hydroxyl groups excluding tert-OH is 1. The Morgan fingerprint density at radius 3 is 2.75 bits per heavy atom. The first kappa shape index (κ1) is 15.4. The van der Waals surface area contributed by atoms with Crippen LogP contribution < -0.4 is 5.32 Å². The smallest absolute Gasteiger partial charge is 0.233 e. The molecule has 1 aromatic rings. The molecule has 2 rings (SSSR count). The van der Waals surface area contributed by atoms with E-state index in [4.69, 9.17) is 0 Å². The highest BCUT2D eigenvalue weighted by atomic mass is 32.2. The van der Waals surface area contributed by atoms with Crippen molar-refractivity contribution in [2.24, 2.45) is 0 Å². The molecule has 3 unspecified atom stereocenters. The Kier molecular flexibility index (Phi) is 5.92. The van der Waals surface area contributed by atoms with Crippen molar-refractivity contribution in [1.82, 2.24) is 5.32 Å². The van der Waals surface area contributed by atoms with E-state index in [0.717, 1.165) is 31.4 Å². The topological polar surface area (TPSA) is 49.3 Å². The summed E-state index contributed by atoms with van der Waals surface area (Å²) < 4.78 is 0. The van der Waals surface area contributed by atoms with Gasteiger partial charge in [-0.3, -0.25) is 4.79 Å². The van der Waals surface area contributed by atoms with Gasteiger partial charge in [-0.1, -0.05) is 43.2 Å². The van der Waals surface area contributed by atoms with E-state index in [-0.39, 0.29) is 23.3 Å². The van der Waals surface area contributed by atoms with E-state index < -0.39 is 0 Å². The predicted molar refractivity (Wildman–Crippen MR) is 83.6 cm³/mol. The summed E-state index contributed by atoms with van der Waals surface area (Å²) in [6.07, 6.45) is 3.47. The zero-order chi connectivity index (χ0) is 14.4. The zero-order valence-corrected chi connectivity index (χ0v) is 12.7. The number of benzene rings is 1. The molecule has 3 atom stereocenters. The Hall–Kier alpha value is -1.00. The molecule has 3 nitrogen and oxygen atoms in total. The van der Waals surface area contributed by atoms with Crippen LogP contribution in [0, 0.1) is 0 Å². The van der Waals surface area contributed by atoms with Crippen LogP contribution in [0.5, 0.6) is 0 Å². The first-order chi connectivity index (χ1) is 9.66. The fraction of sp³-hybridized carbons (Fsp3) is 0.562. The maximum absolute atomic E-state index is 12.1. The number of carbonyl (C=O) groups excluding carboxylic acids is 1. The Balaban J connectivity index is 1.77. The quantitative estimate of drug-likeness (QED) is 0.877. The number of nitrogens with one attached hydrogen (secondary N) is 1. The van der Waals surface area contributed by atoms with Crippen molar-refractivity contribution in [1.29, 1.82) is 0 Å². The summed E-state index contributed by atoms with van der Waals surface area (Å²) in [6.45, 7) is 1.93. The third kappa shape index (κ3) is 4.53. The predicted octanol–water partition coefficient (Wildman–Crippen LogP) is 2.73. The lowest BCUT2D eigenvalue weighted by molar-refractivity contribution is -0.122. The average Bonchev–Trinajstić information content (AvgIpc) is 2.48. The van der Waals surface area contributed by atoms with Crippen molar-refractivity contribution in [2.75, 3.05) is 0 Å². The van der Waals surface area contributed by atoms with Gasteiger partial charge in [0.25, 0.3) is 0 Å². The van der Waals surface area contributed by atoms with E-state index in [1.54, 1.807) is 11.8 Å². The van der Waals surface area contributed by atoms with Crippen LogP contribution in [0.2, 0.25) is 0 Å². The Morgan fingerprint density at radius 1 is 1.35 bits per heavy atom. The van der Waals surface area contributed by atoms with Crippen LogP contribution >= 0.6 is 11.8 Å². The first-order valence-electron chi connectivity index (χ1n) is 7.31. The average molecular weight is 293 g/mol. The standard InChI is InChI=1S/C16H23NO2S/c1-12(20-11-13-7-3-2-4-8-13)16(19)17-14-9-5-6-10-15(14)18/h2-4,7-8,12,14-15,18H,5-6,9-11H2,1H3,(H,17,19). The van der Waals surface area contributed by atoms with Gasteiger partial charge in [-0.25, -0.2) is 0 Å². The van der Waals surface area contributed by atoms with Gasteiger partial charge in [-0.2, -0.15) is 0 Å². The highest BCUT2D eigenvalue weighted by molar-refractivity contribution is 7.99. The summed E-state index contributed by atoms with van der Waals surface area (Å²) in [6, 6.07) is 10.1. The van der Waals surface area contributed by atoms with Crippen molar-refractivity contribution in [2.45, 2.75) is 55.8 Å². The number of hydrogen-bond acceptors (Lipinski definition) is 3. The molecule has 1 fully saturated rings. The van der Waals surface area contributed by atoms with Crippen LogP contribution in [-0.2, 0) is 10.5 Å². The molecule has 0 bridgehead atoms. The number of hydrogen-bond donors (Lipinski definition) is 2. The maximum atomic E-state index is 12.1. The lowest BCUT2D eigenvalue weighted by atomic mass is 9.92. The monoisotopic (exact) mass is 293 g/mol. The number of amides is 1. The highest BCUT2D eigenvalue weighted by Crippen LogP contribution is 2.21. The minimum atomic E-state index is -0.376. The Labute approximate surface area is 125 Å². The lowest BCUT2D eigenvalue weighted by Crippen LogP contribution is -2.47. The third-order valence-electron chi connectivity index (χ3n) is 3.77. The van der Waals surface area contributed by atoms with Crippen LogP contribution in [0.3, 0.4) is 0 Å². The molecule has 110 valence electrons. The van der Waals surface area contributed by atoms with Crippen molar-refractivity contribution in [3.05, 3.63) is 35.9 Å². The summed E-state index contributed by atoms with van der Waals surface area (Å²) >= 11 is 1.63. The zero-order valence-electron chi connectivity index (χ0n) is 11.9. The van der Waals surface area contributed by atoms with E-state index in [1.165, 1.54) is 5.56 Å². The van der Waals surface area contributed by atoms with Gasteiger partial charge in [0.1, 0.15) is 0 Å². The number of thioether (sulfide) groups is 1. The van der Waals surface area contributed by atoms with Gasteiger partial charge >= 0.3 is 0 Å². The number of carbonyl (C=O) groups is 1. The molecule has 0 saturated heterocycles. The molecule has 0 radical (unpaired) electrons. The summed E-state index contributed by atoms with van der Waals surface area (Å²) in [7, 11) is 0. The molecule has 1 aliphatic rings. The van der Waals surface area contributed by atoms with Gasteiger partial charge in [0.15, 0.2) is 0 Å².